The summed E-state index contributed by atoms with van der Waals surface area (Å²) in [7, 11) is 1.58. The molecule has 11 heteroatoms. The first kappa shape index (κ1) is 25.7. The van der Waals surface area contributed by atoms with E-state index >= 15 is 0 Å². The van der Waals surface area contributed by atoms with Gasteiger partial charge in [0.2, 0.25) is 11.8 Å². The summed E-state index contributed by atoms with van der Waals surface area (Å²) in [5.74, 6) is 5.99. The van der Waals surface area contributed by atoms with Crippen molar-refractivity contribution in [1.82, 2.24) is 14.9 Å². The van der Waals surface area contributed by atoms with Crippen molar-refractivity contribution < 1.29 is 14.0 Å². The molecule has 3 N–H and O–H groups in total. The minimum absolute atomic E-state index is 0.0576. The molecule has 39 heavy (non-hydrogen) atoms. The van der Waals surface area contributed by atoms with E-state index in [0.717, 1.165) is 12.0 Å². The third kappa shape index (κ3) is 5.52. The Labute approximate surface area is 224 Å². The van der Waals surface area contributed by atoms with Crippen LogP contribution < -0.4 is 11.2 Å². The highest BCUT2D eigenvalue weighted by molar-refractivity contribution is 5.94. The smallest absolute Gasteiger partial charge is 0.272 e. The number of azo groups is 1. The predicted molar refractivity (Wildman–Crippen MR) is 147 cm³/mol. The fraction of sp³-hybridized carbons (Fsp3) is 0.250. The number of nitrogens with two attached hydrogens (primary N) is 1. The predicted octanol–water partition coefficient (Wildman–Crippen LogP) is 4.45. The van der Waals surface area contributed by atoms with E-state index in [1.807, 2.05) is 30.3 Å². The molecule has 198 valence electrons. The van der Waals surface area contributed by atoms with Crippen molar-refractivity contribution in [2.45, 2.75) is 19.3 Å². The zero-order chi connectivity index (χ0) is 27.4. The van der Waals surface area contributed by atoms with Crippen LogP contribution in [0.2, 0.25) is 0 Å². The van der Waals surface area contributed by atoms with Crippen LogP contribution >= 0.6 is 0 Å². The number of hydrazone groups is 1. The molecule has 2 atom stereocenters. The van der Waals surface area contributed by atoms with Crippen molar-refractivity contribution in [2.24, 2.45) is 27.1 Å². The van der Waals surface area contributed by atoms with Gasteiger partial charge in [0.05, 0.1) is 5.92 Å². The van der Waals surface area contributed by atoms with Gasteiger partial charge in [0.25, 0.3) is 5.91 Å². The van der Waals surface area contributed by atoms with Gasteiger partial charge >= 0.3 is 0 Å². The van der Waals surface area contributed by atoms with E-state index < -0.39 is 0 Å². The number of nitrogens with one attached hydrogen (secondary N) is 1. The first-order valence-electron chi connectivity index (χ1n) is 12.5. The molecule has 2 unspecified atom stereocenters. The van der Waals surface area contributed by atoms with E-state index in [2.05, 4.69) is 30.6 Å². The van der Waals surface area contributed by atoms with Gasteiger partial charge in [0, 0.05) is 44.5 Å². The molecule has 0 bridgehead atoms. The molecular weight excluding hydrogens is 496 g/mol. The number of pyridine rings is 1. The lowest BCUT2D eigenvalue weighted by molar-refractivity contribution is -0.114. The average Bonchev–Trinajstić information content (AvgIpc) is 3.60. The summed E-state index contributed by atoms with van der Waals surface area (Å²) in [5.41, 5.74) is 3.74. The van der Waals surface area contributed by atoms with E-state index in [4.69, 9.17) is 10.3 Å². The lowest BCUT2D eigenvalue weighted by Gasteiger charge is -2.23. The number of hydrogen-bond acceptors (Lipinski definition) is 8. The average molecular weight is 525 g/mol. The number of carbonyl (C=O) groups is 2. The Hall–Kier alpha value is -4.93. The van der Waals surface area contributed by atoms with Gasteiger partial charge in [-0.1, -0.05) is 30.3 Å². The number of rotatable bonds is 6. The molecule has 0 aliphatic carbocycles. The monoisotopic (exact) mass is 524 g/mol. The molecule has 3 heterocycles. The lowest BCUT2D eigenvalue weighted by Crippen LogP contribution is -2.31. The number of aromatic nitrogens is 2. The van der Waals surface area contributed by atoms with Crippen molar-refractivity contribution >= 4 is 34.4 Å². The Morgan fingerprint density at radius 3 is 2.72 bits per heavy atom. The maximum Gasteiger partial charge on any atom is 0.272 e. The van der Waals surface area contributed by atoms with Crippen molar-refractivity contribution in [3.63, 3.8) is 0 Å². The number of carbonyl (C=O) groups excluding carboxylic acids is 2. The van der Waals surface area contributed by atoms with Gasteiger partial charge in [-0.2, -0.15) is 10.2 Å². The molecule has 1 saturated heterocycles. The van der Waals surface area contributed by atoms with Gasteiger partial charge in [-0.15, -0.1) is 5.11 Å². The summed E-state index contributed by atoms with van der Waals surface area (Å²) in [6.07, 6.45) is 2.33. The van der Waals surface area contributed by atoms with Crippen LogP contribution in [0.3, 0.4) is 0 Å². The van der Waals surface area contributed by atoms with Crippen LogP contribution in [-0.2, 0) is 4.79 Å². The molecule has 5 rings (SSSR count). The van der Waals surface area contributed by atoms with Gasteiger partial charge in [-0.3, -0.25) is 14.6 Å². The van der Waals surface area contributed by atoms with E-state index in [0.29, 0.717) is 52.9 Å². The second-order valence-electron chi connectivity index (χ2n) is 9.29. The maximum absolute atomic E-state index is 13.5. The number of amides is 2. The Bertz CT molecular complexity index is 1560. The molecule has 0 radical (unpaired) electrons. The SMILES string of the molecule is CN=NC(=NN)C(c1ccccc1)C1CCN(C(=O)c2cc(-c3nc4cc(NC(C)=O)ccc4o3)ccn2)C1. The van der Waals surface area contributed by atoms with E-state index in [1.54, 1.807) is 48.5 Å². The van der Waals surface area contributed by atoms with Crippen LogP contribution in [0.25, 0.3) is 22.6 Å². The normalized spacial score (nSPS) is 16.6. The Morgan fingerprint density at radius 2 is 1.97 bits per heavy atom. The lowest BCUT2D eigenvalue weighted by atomic mass is 9.84. The van der Waals surface area contributed by atoms with Crippen LogP contribution in [0.1, 0.15) is 35.3 Å². The van der Waals surface area contributed by atoms with Crippen molar-refractivity contribution in [1.29, 1.82) is 0 Å². The maximum atomic E-state index is 13.5. The molecular formula is C28H28N8O3. The third-order valence-electron chi connectivity index (χ3n) is 6.69. The standard InChI is InChI=1S/C28H28N8O3/c1-17(37)32-21-8-9-24-22(15-21)33-27(39-24)19-10-12-31-23(14-19)28(38)36-13-11-20(16-36)25(26(34-29)35-30-2)18-6-4-3-5-7-18/h3-10,12,14-15,20,25H,11,13,16,29H2,1-2H3,(H,32,37). The zero-order valence-corrected chi connectivity index (χ0v) is 21.6. The number of hydrogen-bond donors (Lipinski definition) is 2. The summed E-state index contributed by atoms with van der Waals surface area (Å²) < 4.78 is 5.91. The van der Waals surface area contributed by atoms with E-state index in [1.165, 1.54) is 6.92 Å². The molecule has 0 saturated carbocycles. The number of fused-ring (bicyclic) bond motifs is 1. The van der Waals surface area contributed by atoms with Crippen LogP contribution in [0.15, 0.2) is 86.6 Å². The van der Waals surface area contributed by atoms with Gasteiger partial charge in [0.15, 0.2) is 11.4 Å². The summed E-state index contributed by atoms with van der Waals surface area (Å²) in [6.45, 7) is 2.51. The molecule has 2 aromatic carbocycles. The molecule has 2 amide bonds. The quantitative estimate of drug-likeness (QED) is 0.125. The van der Waals surface area contributed by atoms with Gasteiger partial charge < -0.3 is 20.5 Å². The van der Waals surface area contributed by atoms with E-state index in [-0.39, 0.29) is 23.7 Å². The van der Waals surface area contributed by atoms with Crippen LogP contribution in [-0.4, -0.2) is 52.7 Å². The molecule has 0 spiro atoms. The first-order chi connectivity index (χ1) is 19.0. The molecule has 11 nitrogen and oxygen atoms in total. The fourth-order valence-corrected chi connectivity index (χ4v) is 4.98. The topological polar surface area (TPSA) is 151 Å². The number of oxazole rings is 1. The number of nitrogens with zero attached hydrogens (tertiary/aromatic N) is 6. The van der Waals surface area contributed by atoms with Crippen molar-refractivity contribution in [3.05, 3.63) is 78.1 Å². The Balaban J connectivity index is 1.36. The summed E-state index contributed by atoms with van der Waals surface area (Å²) in [6, 6.07) is 18.5. The van der Waals surface area contributed by atoms with Crippen LogP contribution in [0.4, 0.5) is 5.69 Å². The third-order valence-corrected chi connectivity index (χ3v) is 6.69. The minimum atomic E-state index is -0.195. The van der Waals surface area contributed by atoms with Crippen molar-refractivity contribution in [3.8, 4) is 11.5 Å². The van der Waals surface area contributed by atoms with Gasteiger partial charge in [-0.25, -0.2) is 4.98 Å². The largest absolute Gasteiger partial charge is 0.436 e. The minimum Gasteiger partial charge on any atom is -0.436 e. The molecule has 2 aromatic heterocycles. The van der Waals surface area contributed by atoms with Gasteiger partial charge in [0.1, 0.15) is 11.2 Å². The number of benzene rings is 2. The zero-order valence-electron chi connectivity index (χ0n) is 21.6. The van der Waals surface area contributed by atoms with Gasteiger partial charge in [-0.05, 0) is 48.2 Å². The number of anilines is 1. The fourth-order valence-electron chi connectivity index (χ4n) is 4.98. The molecule has 1 aliphatic heterocycles. The van der Waals surface area contributed by atoms with Crippen LogP contribution in [0.5, 0.6) is 0 Å². The summed E-state index contributed by atoms with van der Waals surface area (Å²) >= 11 is 0. The highest BCUT2D eigenvalue weighted by atomic mass is 16.3. The first-order valence-corrected chi connectivity index (χ1v) is 12.5. The second-order valence-corrected chi connectivity index (χ2v) is 9.29. The Kier molecular flexibility index (Phi) is 7.39. The number of amidine groups is 1. The highest BCUT2D eigenvalue weighted by Crippen LogP contribution is 2.35. The Morgan fingerprint density at radius 1 is 1.15 bits per heavy atom. The summed E-state index contributed by atoms with van der Waals surface area (Å²) in [5, 5.41) is 14.7. The van der Waals surface area contributed by atoms with Crippen molar-refractivity contribution in [2.75, 3.05) is 25.5 Å². The molecule has 1 fully saturated rings. The molecule has 4 aromatic rings. The second kappa shape index (κ2) is 11.2. The number of likely N-dealkylation sites (tertiary alicyclic amines) is 1. The summed E-state index contributed by atoms with van der Waals surface area (Å²) in [4.78, 5) is 35.5. The molecule has 1 aliphatic rings. The van der Waals surface area contributed by atoms with Crippen LogP contribution in [0, 0.1) is 5.92 Å². The highest BCUT2D eigenvalue weighted by Gasteiger charge is 2.36. The van der Waals surface area contributed by atoms with E-state index in [9.17, 15) is 9.59 Å².